The lowest BCUT2D eigenvalue weighted by molar-refractivity contribution is -0.0648. The van der Waals surface area contributed by atoms with Crippen LogP contribution in [0.1, 0.15) is 78.0 Å². The number of benzene rings is 1. The van der Waals surface area contributed by atoms with Gasteiger partial charge in [-0.15, -0.1) is 11.3 Å². The number of oxime groups is 1. The van der Waals surface area contributed by atoms with E-state index in [0.717, 1.165) is 47.7 Å². The van der Waals surface area contributed by atoms with E-state index >= 15 is 0 Å². The molecule has 3 N–H and O–H groups in total. The number of hydrogen-bond acceptors (Lipinski definition) is 8. The predicted molar refractivity (Wildman–Crippen MR) is 151 cm³/mol. The number of fused-ring (bicyclic) bond motifs is 1. The van der Waals surface area contributed by atoms with Gasteiger partial charge < -0.3 is 20.2 Å². The van der Waals surface area contributed by atoms with Gasteiger partial charge in [0.25, 0.3) is 0 Å². The Kier molecular flexibility index (Phi) is 8.30. The summed E-state index contributed by atoms with van der Waals surface area (Å²) in [6, 6.07) is 2.32. The highest BCUT2D eigenvalue weighted by atomic mass is 35.5. The van der Waals surface area contributed by atoms with Crippen LogP contribution in [-0.2, 0) is 16.9 Å². The zero-order valence-corrected chi connectivity index (χ0v) is 23.8. The molecule has 1 aromatic carbocycles. The van der Waals surface area contributed by atoms with E-state index < -0.39 is 17.4 Å². The molecule has 0 saturated heterocycles. The average molecular weight is 610 g/mol. The molecular weight excluding hydrogens is 582 g/mol. The number of aliphatic hydroxyl groups is 1. The Bertz CT molecular complexity index is 1540. The Balaban J connectivity index is 1.33. The first-order valence-electron chi connectivity index (χ1n) is 12.8. The van der Waals surface area contributed by atoms with Crippen LogP contribution in [0.5, 0.6) is 0 Å². The summed E-state index contributed by atoms with van der Waals surface area (Å²) >= 11 is 14.0. The Morgan fingerprint density at radius 1 is 1.30 bits per heavy atom. The van der Waals surface area contributed by atoms with E-state index in [2.05, 4.69) is 15.2 Å². The highest BCUT2D eigenvalue weighted by Crippen LogP contribution is 2.44. The fraction of sp³-hybridized carbons (Fsp3) is 0.407. The summed E-state index contributed by atoms with van der Waals surface area (Å²) in [6.45, 7) is 2.00. The average Bonchev–Trinajstić information content (AvgIpc) is 3.53. The third-order valence-electron chi connectivity index (χ3n) is 7.32. The Hall–Kier alpha value is -2.83. The number of allylic oxidation sites excluding steroid dienone is 4. The van der Waals surface area contributed by atoms with Crippen LogP contribution in [0.3, 0.4) is 0 Å². The van der Waals surface area contributed by atoms with Crippen molar-refractivity contribution in [2.24, 2.45) is 5.16 Å². The predicted octanol–water partition coefficient (Wildman–Crippen LogP) is 6.56. The van der Waals surface area contributed by atoms with E-state index in [1.54, 1.807) is 23.9 Å². The topological polar surface area (TPSA) is 130 Å². The second-order valence-electron chi connectivity index (χ2n) is 9.98. The van der Waals surface area contributed by atoms with Gasteiger partial charge in [0.1, 0.15) is 21.8 Å². The molecule has 2 saturated carbocycles. The molecule has 40 heavy (non-hydrogen) atoms. The number of aromatic carboxylic acids is 1. The SMILES string of the molecule is C\C=C(Cl)/C(=C(Cl)\C=N\O)n1ncc(C2CC2)c1COC1CCC(O)(c2nc3c(F)cc(C(=O)O)cc3s2)CC1. The fourth-order valence-electron chi connectivity index (χ4n) is 4.98. The number of halogens is 3. The van der Waals surface area contributed by atoms with Crippen LogP contribution in [0, 0.1) is 5.82 Å². The third kappa shape index (κ3) is 5.66. The maximum Gasteiger partial charge on any atom is 0.335 e. The molecule has 0 bridgehead atoms. The zero-order chi connectivity index (χ0) is 28.6. The van der Waals surface area contributed by atoms with E-state index in [1.165, 1.54) is 6.07 Å². The van der Waals surface area contributed by atoms with Gasteiger partial charge in [0.2, 0.25) is 0 Å². The van der Waals surface area contributed by atoms with Gasteiger partial charge in [-0.05, 0) is 69.1 Å². The molecule has 5 rings (SSSR count). The molecule has 0 aliphatic heterocycles. The van der Waals surface area contributed by atoms with E-state index in [1.807, 2.05) is 0 Å². The molecule has 0 amide bonds. The summed E-state index contributed by atoms with van der Waals surface area (Å²) in [5.41, 5.74) is 0.874. The van der Waals surface area contributed by atoms with Gasteiger partial charge in [-0.1, -0.05) is 34.4 Å². The second-order valence-corrected chi connectivity index (χ2v) is 11.8. The number of thiazole rings is 1. The van der Waals surface area contributed by atoms with Gasteiger partial charge in [-0.2, -0.15) is 5.10 Å². The van der Waals surface area contributed by atoms with E-state index in [4.69, 9.17) is 33.1 Å². The lowest BCUT2D eigenvalue weighted by atomic mass is 9.83. The fourth-order valence-corrected chi connectivity index (χ4v) is 6.60. The van der Waals surface area contributed by atoms with Crippen molar-refractivity contribution in [2.75, 3.05) is 0 Å². The lowest BCUT2D eigenvalue weighted by Crippen LogP contribution is -2.34. The largest absolute Gasteiger partial charge is 0.478 e. The van der Waals surface area contributed by atoms with Gasteiger partial charge in [0.15, 0.2) is 5.82 Å². The molecular formula is C27H27Cl2FN4O5S. The standard InChI is InChI=1S/C27H27Cl2FN4O5S/c1-2-18(28)24(19(29)12-32-38)34-21(17(11-31-34)14-3-4-14)13-39-16-5-7-27(37,8-6-16)26-33-23-20(30)9-15(25(35)36)10-22(23)40-26/h2,9-12,14,16,37-38H,3-8,13H2,1H3,(H,35,36)/b18-2+,24-19-,32-12+. The molecule has 2 aliphatic rings. The van der Waals surface area contributed by atoms with Gasteiger partial charge in [0, 0.05) is 0 Å². The van der Waals surface area contributed by atoms with Gasteiger partial charge >= 0.3 is 5.97 Å². The quantitative estimate of drug-likeness (QED) is 0.108. The summed E-state index contributed by atoms with van der Waals surface area (Å²) in [4.78, 5) is 15.6. The first kappa shape index (κ1) is 28.7. The van der Waals surface area contributed by atoms with Crippen molar-refractivity contribution in [3.63, 3.8) is 0 Å². The first-order chi connectivity index (χ1) is 19.1. The molecule has 2 aromatic heterocycles. The number of carboxylic acids is 1. The zero-order valence-electron chi connectivity index (χ0n) is 21.5. The Morgan fingerprint density at radius 2 is 2.02 bits per heavy atom. The minimum Gasteiger partial charge on any atom is -0.478 e. The maximum absolute atomic E-state index is 14.5. The van der Waals surface area contributed by atoms with Crippen molar-refractivity contribution in [3.8, 4) is 0 Å². The third-order valence-corrected chi connectivity index (χ3v) is 9.19. The van der Waals surface area contributed by atoms with E-state index in [-0.39, 0.29) is 28.8 Å². The number of aromatic nitrogens is 3. The Morgan fingerprint density at radius 3 is 2.65 bits per heavy atom. The molecule has 0 unspecified atom stereocenters. The summed E-state index contributed by atoms with van der Waals surface area (Å²) in [5.74, 6) is -1.57. The van der Waals surface area contributed by atoms with Crippen LogP contribution in [0.2, 0.25) is 0 Å². The number of carboxylic acid groups (broad SMARTS) is 1. The van der Waals surface area contributed by atoms with Crippen LogP contribution in [0.25, 0.3) is 15.9 Å². The van der Waals surface area contributed by atoms with Crippen LogP contribution in [0.15, 0.2) is 39.6 Å². The van der Waals surface area contributed by atoms with Gasteiger partial charge in [0.05, 0.1) is 51.1 Å². The number of ether oxygens (including phenoxy) is 1. The first-order valence-corrected chi connectivity index (χ1v) is 14.4. The van der Waals surface area contributed by atoms with Crippen LogP contribution >= 0.6 is 34.5 Å². The molecule has 2 fully saturated rings. The van der Waals surface area contributed by atoms with E-state index in [9.17, 15) is 19.4 Å². The van der Waals surface area contributed by atoms with Crippen molar-refractivity contribution < 1.29 is 29.3 Å². The van der Waals surface area contributed by atoms with E-state index in [0.29, 0.717) is 52.0 Å². The van der Waals surface area contributed by atoms with Crippen LogP contribution in [0.4, 0.5) is 4.39 Å². The molecule has 0 atom stereocenters. The summed E-state index contributed by atoms with van der Waals surface area (Å²) in [7, 11) is 0. The second kappa shape index (κ2) is 11.6. The lowest BCUT2D eigenvalue weighted by Gasteiger charge is -2.34. The monoisotopic (exact) mass is 608 g/mol. The minimum atomic E-state index is -1.26. The Labute approximate surface area is 243 Å². The maximum atomic E-state index is 14.5. The molecule has 0 radical (unpaired) electrons. The van der Waals surface area contributed by atoms with Crippen molar-refractivity contribution >= 4 is 62.6 Å². The number of carbonyl (C=O) groups is 1. The molecule has 9 nitrogen and oxygen atoms in total. The molecule has 2 heterocycles. The van der Waals surface area contributed by atoms with Crippen molar-refractivity contribution in [1.82, 2.24) is 14.8 Å². The smallest absolute Gasteiger partial charge is 0.335 e. The number of rotatable bonds is 9. The molecule has 212 valence electrons. The number of nitrogens with zero attached hydrogens (tertiary/aromatic N) is 4. The minimum absolute atomic E-state index is 0.0613. The summed E-state index contributed by atoms with van der Waals surface area (Å²) < 4.78 is 22.8. The highest BCUT2D eigenvalue weighted by Gasteiger charge is 2.39. The molecule has 0 spiro atoms. The molecule has 2 aliphatic carbocycles. The van der Waals surface area contributed by atoms with Crippen molar-refractivity contribution in [3.05, 3.63) is 62.1 Å². The van der Waals surface area contributed by atoms with Crippen LogP contribution < -0.4 is 0 Å². The summed E-state index contributed by atoms with van der Waals surface area (Å²) in [6.07, 6.45) is 8.29. The normalized spacial score (nSPS) is 22.7. The molecule has 13 heteroatoms. The van der Waals surface area contributed by atoms with Crippen LogP contribution in [-0.4, -0.2) is 48.5 Å². The highest BCUT2D eigenvalue weighted by molar-refractivity contribution is 7.18. The van der Waals surface area contributed by atoms with Crippen molar-refractivity contribution in [2.45, 2.75) is 69.7 Å². The molecule has 3 aromatic rings. The van der Waals surface area contributed by atoms with Gasteiger partial charge in [-0.3, -0.25) is 0 Å². The van der Waals surface area contributed by atoms with Crippen molar-refractivity contribution in [1.29, 1.82) is 0 Å². The van der Waals surface area contributed by atoms with Gasteiger partial charge in [-0.25, -0.2) is 18.9 Å². The number of hydrogen-bond donors (Lipinski definition) is 3. The summed E-state index contributed by atoms with van der Waals surface area (Å²) in [5, 5.41) is 38.0.